The van der Waals surface area contributed by atoms with E-state index in [1.54, 1.807) is 12.1 Å². The van der Waals surface area contributed by atoms with Crippen LogP contribution in [0.3, 0.4) is 0 Å². The number of aryl methyl sites for hydroxylation is 1. The van der Waals surface area contributed by atoms with E-state index in [0.29, 0.717) is 16.1 Å². The first-order valence-electron chi connectivity index (χ1n) is 8.16. The average Bonchev–Trinajstić information content (AvgIpc) is 2.99. The van der Waals surface area contributed by atoms with Crippen molar-refractivity contribution >= 4 is 34.2 Å². The Morgan fingerprint density at radius 3 is 2.58 bits per heavy atom. The molecule has 6 nitrogen and oxygen atoms in total. The Hall–Kier alpha value is -3.11. The van der Waals surface area contributed by atoms with Gasteiger partial charge in [0.05, 0.1) is 5.56 Å². The molecular formula is C19H17N3O3S. The summed E-state index contributed by atoms with van der Waals surface area (Å²) in [5.41, 5.74) is 7.31. The third-order valence-electron chi connectivity index (χ3n) is 4.21. The second kappa shape index (κ2) is 7.42. The minimum absolute atomic E-state index is 0.0976. The number of carbonyl (C=O) groups is 2. The molecule has 0 aliphatic heterocycles. The maximum absolute atomic E-state index is 12.5. The molecule has 2 amide bonds. The van der Waals surface area contributed by atoms with Crippen LogP contribution in [-0.4, -0.2) is 16.9 Å². The van der Waals surface area contributed by atoms with Gasteiger partial charge in [0.25, 0.3) is 11.8 Å². The van der Waals surface area contributed by atoms with E-state index in [-0.39, 0.29) is 11.3 Å². The zero-order valence-corrected chi connectivity index (χ0v) is 14.7. The van der Waals surface area contributed by atoms with E-state index in [2.05, 4.69) is 5.32 Å². The van der Waals surface area contributed by atoms with Crippen LogP contribution >= 0.6 is 11.3 Å². The third kappa shape index (κ3) is 3.60. The summed E-state index contributed by atoms with van der Waals surface area (Å²) in [7, 11) is 0. The summed E-state index contributed by atoms with van der Waals surface area (Å²) in [6.07, 6.45) is 5.09. The van der Waals surface area contributed by atoms with Gasteiger partial charge in [-0.2, -0.15) is 5.26 Å². The van der Waals surface area contributed by atoms with Gasteiger partial charge in [-0.25, -0.2) is 0 Å². The number of nitriles is 1. The number of carbonyl (C=O) groups excluding carboxylic acids is 2. The van der Waals surface area contributed by atoms with Crippen LogP contribution in [0.1, 0.15) is 39.2 Å². The van der Waals surface area contributed by atoms with Gasteiger partial charge in [-0.05, 0) is 55.0 Å². The summed E-state index contributed by atoms with van der Waals surface area (Å²) in [4.78, 5) is 25.4. The standard InChI is InChI=1S/C19H17N3O3S/c20-10-12(9-11-5-7-13(23)8-6-11)18(25)22-19-16(17(21)24)14-3-1-2-4-15(14)26-19/h5-9,23H,1-4H2,(H2,21,24)(H,22,25). The number of amides is 2. The summed E-state index contributed by atoms with van der Waals surface area (Å²) in [5.74, 6) is -1.07. The fraction of sp³-hybridized carbons (Fsp3) is 0.211. The summed E-state index contributed by atoms with van der Waals surface area (Å²) < 4.78 is 0. The summed E-state index contributed by atoms with van der Waals surface area (Å²) >= 11 is 1.35. The highest BCUT2D eigenvalue weighted by molar-refractivity contribution is 7.17. The Labute approximate surface area is 154 Å². The molecule has 0 unspecified atom stereocenters. The molecule has 0 spiro atoms. The molecule has 4 N–H and O–H groups in total. The number of primary amides is 1. The number of anilines is 1. The smallest absolute Gasteiger partial charge is 0.266 e. The van der Waals surface area contributed by atoms with Crippen molar-refractivity contribution in [2.75, 3.05) is 5.32 Å². The zero-order chi connectivity index (χ0) is 18.7. The number of thiophene rings is 1. The van der Waals surface area contributed by atoms with E-state index in [1.807, 2.05) is 6.07 Å². The molecule has 26 heavy (non-hydrogen) atoms. The van der Waals surface area contributed by atoms with Crippen LogP contribution in [0.2, 0.25) is 0 Å². The van der Waals surface area contributed by atoms with Crippen LogP contribution in [0.25, 0.3) is 6.08 Å². The minimum Gasteiger partial charge on any atom is -0.508 e. The van der Waals surface area contributed by atoms with Crippen molar-refractivity contribution in [1.82, 2.24) is 0 Å². The number of hydrogen-bond donors (Lipinski definition) is 3. The molecule has 3 rings (SSSR count). The summed E-state index contributed by atoms with van der Waals surface area (Å²) in [6.45, 7) is 0. The molecule has 132 valence electrons. The predicted octanol–water partition coefficient (Wildman–Crippen LogP) is 2.98. The molecule has 0 saturated heterocycles. The summed E-state index contributed by atoms with van der Waals surface area (Å²) in [5, 5.41) is 21.7. The highest BCUT2D eigenvalue weighted by Crippen LogP contribution is 2.38. The van der Waals surface area contributed by atoms with E-state index < -0.39 is 11.8 Å². The van der Waals surface area contributed by atoms with E-state index in [0.717, 1.165) is 36.1 Å². The second-order valence-electron chi connectivity index (χ2n) is 5.99. The van der Waals surface area contributed by atoms with Gasteiger partial charge < -0.3 is 16.2 Å². The van der Waals surface area contributed by atoms with Gasteiger partial charge in [-0.3, -0.25) is 9.59 Å². The Bertz CT molecular complexity index is 936. The number of nitrogens with one attached hydrogen (secondary N) is 1. The zero-order valence-electron chi connectivity index (χ0n) is 13.9. The van der Waals surface area contributed by atoms with Crippen molar-refractivity contribution in [2.45, 2.75) is 25.7 Å². The van der Waals surface area contributed by atoms with Gasteiger partial charge in [0.15, 0.2) is 0 Å². The lowest BCUT2D eigenvalue weighted by atomic mass is 9.95. The van der Waals surface area contributed by atoms with Crippen molar-refractivity contribution < 1.29 is 14.7 Å². The van der Waals surface area contributed by atoms with E-state index in [1.165, 1.54) is 29.5 Å². The number of aromatic hydroxyl groups is 1. The number of rotatable bonds is 4. The van der Waals surface area contributed by atoms with Crippen LogP contribution in [0.4, 0.5) is 5.00 Å². The highest BCUT2D eigenvalue weighted by atomic mass is 32.1. The minimum atomic E-state index is -0.596. The Morgan fingerprint density at radius 2 is 1.92 bits per heavy atom. The fourth-order valence-corrected chi connectivity index (χ4v) is 4.26. The molecule has 1 heterocycles. The molecule has 7 heteroatoms. The van der Waals surface area contributed by atoms with Crippen molar-refractivity contribution in [3.63, 3.8) is 0 Å². The molecule has 2 aromatic rings. The number of benzene rings is 1. The van der Waals surface area contributed by atoms with Crippen LogP contribution in [0.5, 0.6) is 5.75 Å². The van der Waals surface area contributed by atoms with Crippen LogP contribution in [0.15, 0.2) is 29.8 Å². The highest BCUT2D eigenvalue weighted by Gasteiger charge is 2.25. The molecule has 1 aliphatic rings. The second-order valence-corrected chi connectivity index (χ2v) is 7.10. The maximum Gasteiger partial charge on any atom is 0.266 e. The molecule has 0 saturated carbocycles. The number of nitrogens with two attached hydrogens (primary N) is 1. The Morgan fingerprint density at radius 1 is 1.23 bits per heavy atom. The Balaban J connectivity index is 1.89. The fourth-order valence-electron chi connectivity index (χ4n) is 2.97. The average molecular weight is 367 g/mol. The molecule has 0 radical (unpaired) electrons. The number of fused-ring (bicyclic) bond motifs is 1. The normalized spacial score (nSPS) is 13.6. The molecule has 0 bridgehead atoms. The van der Waals surface area contributed by atoms with E-state index in [9.17, 15) is 20.0 Å². The first kappa shape index (κ1) is 17.7. The van der Waals surface area contributed by atoms with Crippen molar-refractivity contribution in [2.24, 2.45) is 5.73 Å². The molecule has 1 aliphatic carbocycles. The van der Waals surface area contributed by atoms with Crippen molar-refractivity contribution in [3.05, 3.63) is 51.4 Å². The van der Waals surface area contributed by atoms with Gasteiger partial charge in [-0.15, -0.1) is 11.3 Å². The molecule has 1 aromatic heterocycles. The third-order valence-corrected chi connectivity index (χ3v) is 5.42. The van der Waals surface area contributed by atoms with Gasteiger partial charge in [-0.1, -0.05) is 12.1 Å². The Kier molecular flexibility index (Phi) is 5.05. The quantitative estimate of drug-likeness (QED) is 0.569. The SMILES string of the molecule is N#CC(=Cc1ccc(O)cc1)C(=O)Nc1sc2c(c1C(N)=O)CCCC2. The summed E-state index contributed by atoms with van der Waals surface area (Å²) in [6, 6.07) is 8.00. The molecular weight excluding hydrogens is 350 g/mol. The topological polar surface area (TPSA) is 116 Å². The lowest BCUT2D eigenvalue weighted by molar-refractivity contribution is -0.112. The first-order chi connectivity index (χ1) is 12.5. The van der Waals surface area contributed by atoms with Crippen molar-refractivity contribution in [1.29, 1.82) is 5.26 Å². The van der Waals surface area contributed by atoms with Gasteiger partial charge in [0.2, 0.25) is 0 Å². The maximum atomic E-state index is 12.5. The van der Waals surface area contributed by atoms with Crippen LogP contribution < -0.4 is 11.1 Å². The predicted molar refractivity (Wildman–Crippen MR) is 99.8 cm³/mol. The number of hydrogen-bond acceptors (Lipinski definition) is 5. The lowest BCUT2D eigenvalue weighted by Gasteiger charge is -2.11. The van der Waals surface area contributed by atoms with Crippen molar-refractivity contribution in [3.8, 4) is 11.8 Å². The van der Waals surface area contributed by atoms with E-state index >= 15 is 0 Å². The number of nitrogens with zero attached hydrogens (tertiary/aromatic N) is 1. The molecule has 1 aromatic carbocycles. The van der Waals surface area contributed by atoms with Crippen LogP contribution in [0, 0.1) is 11.3 Å². The van der Waals surface area contributed by atoms with Crippen LogP contribution in [-0.2, 0) is 17.6 Å². The monoisotopic (exact) mass is 367 g/mol. The van der Waals surface area contributed by atoms with E-state index in [4.69, 9.17) is 5.73 Å². The first-order valence-corrected chi connectivity index (χ1v) is 8.97. The largest absolute Gasteiger partial charge is 0.508 e. The van der Waals surface area contributed by atoms with Gasteiger partial charge >= 0.3 is 0 Å². The number of phenols is 1. The number of phenolic OH excluding ortho intramolecular Hbond substituents is 1. The molecule has 0 fully saturated rings. The van der Waals surface area contributed by atoms with Gasteiger partial charge in [0.1, 0.15) is 22.4 Å². The molecule has 0 atom stereocenters. The van der Waals surface area contributed by atoms with Gasteiger partial charge in [0, 0.05) is 4.88 Å². The lowest BCUT2D eigenvalue weighted by Crippen LogP contribution is -2.19.